The number of nitrogens with two attached hydrogens (primary N) is 1. The maximum Gasteiger partial charge on any atom is 0.404 e. The summed E-state index contributed by atoms with van der Waals surface area (Å²) in [6.07, 6.45) is -0.807. The first-order chi connectivity index (χ1) is 10.4. The van der Waals surface area contributed by atoms with E-state index in [2.05, 4.69) is 18.8 Å². The number of aromatic nitrogens is 2. The topological polar surface area (TPSA) is 70.1 Å². The average Bonchev–Trinajstić information content (AvgIpc) is 2.72. The van der Waals surface area contributed by atoms with Crippen molar-refractivity contribution in [1.29, 1.82) is 0 Å². The molecular weight excluding hydrogens is 322 g/mol. The average molecular weight is 340 g/mol. The molecule has 0 radical (unpaired) electrons. The lowest BCUT2D eigenvalue weighted by molar-refractivity contribution is 0.146. The summed E-state index contributed by atoms with van der Waals surface area (Å²) in [5.41, 5.74) is 6.09. The van der Waals surface area contributed by atoms with Crippen LogP contribution in [-0.4, -0.2) is 15.6 Å². The molecule has 22 heavy (non-hydrogen) atoms. The van der Waals surface area contributed by atoms with Crippen LogP contribution < -0.4 is 5.73 Å². The van der Waals surface area contributed by atoms with Gasteiger partial charge in [0.1, 0.15) is 10.9 Å². The summed E-state index contributed by atoms with van der Waals surface area (Å²) < 4.78 is 6.80. The Labute approximate surface area is 138 Å². The van der Waals surface area contributed by atoms with Crippen LogP contribution in [0.2, 0.25) is 5.02 Å². The second-order valence-electron chi connectivity index (χ2n) is 5.10. The molecule has 0 aliphatic rings. The van der Waals surface area contributed by atoms with Crippen LogP contribution >= 0.6 is 23.4 Å². The Balaban J connectivity index is 2.33. The zero-order chi connectivity index (χ0) is 16.3. The molecule has 0 unspecified atom stereocenters. The van der Waals surface area contributed by atoms with Crippen molar-refractivity contribution in [1.82, 2.24) is 9.55 Å². The first-order valence-corrected chi connectivity index (χ1v) is 7.99. The maximum atomic E-state index is 10.8. The van der Waals surface area contributed by atoms with Gasteiger partial charge in [-0.15, -0.1) is 0 Å². The van der Waals surface area contributed by atoms with Crippen LogP contribution in [0.15, 0.2) is 34.2 Å². The lowest BCUT2D eigenvalue weighted by Crippen LogP contribution is -2.14. The molecule has 0 fully saturated rings. The van der Waals surface area contributed by atoms with E-state index in [4.69, 9.17) is 22.1 Å². The van der Waals surface area contributed by atoms with Gasteiger partial charge in [0, 0.05) is 17.0 Å². The largest absolute Gasteiger partial charge is 0.442 e. The molecule has 1 heterocycles. The summed E-state index contributed by atoms with van der Waals surface area (Å²) in [5, 5.41) is 1.56. The number of hydrogen-bond donors (Lipinski definition) is 1. The van der Waals surface area contributed by atoms with Gasteiger partial charge in [-0.3, -0.25) is 0 Å². The number of halogens is 1. The maximum absolute atomic E-state index is 10.8. The molecule has 2 aromatic rings. The minimum Gasteiger partial charge on any atom is -0.442 e. The fourth-order valence-corrected chi connectivity index (χ4v) is 3.59. The molecule has 0 aliphatic carbocycles. The summed E-state index contributed by atoms with van der Waals surface area (Å²) in [7, 11) is 1.91. The van der Waals surface area contributed by atoms with Gasteiger partial charge in [0.2, 0.25) is 0 Å². The molecular formula is C15H18ClN3O2S. The van der Waals surface area contributed by atoms with Crippen molar-refractivity contribution in [2.45, 2.75) is 36.3 Å². The highest BCUT2D eigenvalue weighted by atomic mass is 35.5. The zero-order valence-corrected chi connectivity index (χ0v) is 14.2. The number of imidazole rings is 1. The van der Waals surface area contributed by atoms with Gasteiger partial charge in [0.25, 0.3) is 0 Å². The molecule has 5 nitrogen and oxygen atoms in total. The summed E-state index contributed by atoms with van der Waals surface area (Å²) in [5.74, 6) is 0.938. The van der Waals surface area contributed by atoms with Gasteiger partial charge in [-0.25, -0.2) is 9.78 Å². The van der Waals surface area contributed by atoms with Crippen LogP contribution in [0, 0.1) is 0 Å². The number of primary amides is 1. The highest BCUT2D eigenvalue weighted by Gasteiger charge is 2.19. The van der Waals surface area contributed by atoms with Crippen LogP contribution in [0.4, 0.5) is 4.79 Å². The Morgan fingerprint density at radius 1 is 1.50 bits per heavy atom. The third kappa shape index (κ3) is 3.96. The third-order valence-electron chi connectivity index (χ3n) is 3.10. The number of ether oxygens (including phenoxy) is 1. The quantitative estimate of drug-likeness (QED) is 0.895. The Kier molecular flexibility index (Phi) is 5.37. The van der Waals surface area contributed by atoms with Crippen LogP contribution in [0.25, 0.3) is 0 Å². The zero-order valence-electron chi connectivity index (χ0n) is 12.7. The van der Waals surface area contributed by atoms with Crippen molar-refractivity contribution >= 4 is 29.5 Å². The lowest BCUT2D eigenvalue weighted by Gasteiger charge is -2.10. The van der Waals surface area contributed by atoms with E-state index in [-0.39, 0.29) is 12.5 Å². The minimum absolute atomic E-state index is 0.0572. The summed E-state index contributed by atoms with van der Waals surface area (Å²) in [4.78, 5) is 16.4. The van der Waals surface area contributed by atoms with E-state index in [9.17, 15) is 4.79 Å². The van der Waals surface area contributed by atoms with Gasteiger partial charge in [-0.05, 0) is 24.1 Å². The third-order valence-corrected chi connectivity index (χ3v) is 4.32. The van der Waals surface area contributed by atoms with Gasteiger partial charge in [0.15, 0.2) is 6.61 Å². The summed E-state index contributed by atoms with van der Waals surface area (Å²) in [6.45, 7) is 4.25. The van der Waals surface area contributed by atoms with Crippen LogP contribution in [0.5, 0.6) is 0 Å². The van der Waals surface area contributed by atoms with Crippen LogP contribution in [0.1, 0.15) is 31.3 Å². The van der Waals surface area contributed by atoms with E-state index in [1.54, 1.807) is 0 Å². The second-order valence-corrected chi connectivity index (χ2v) is 6.60. The van der Waals surface area contributed by atoms with Crippen molar-refractivity contribution in [3.05, 3.63) is 40.8 Å². The smallest absolute Gasteiger partial charge is 0.404 e. The SMILES string of the molecule is CC(C)c1c(Sc2cccc(Cl)c2)nc(COC(N)=O)n1C. The molecule has 0 atom stereocenters. The molecule has 1 aromatic heterocycles. The summed E-state index contributed by atoms with van der Waals surface area (Å²) in [6, 6.07) is 7.61. The molecule has 0 aliphatic heterocycles. The number of carbonyl (C=O) groups excluding carboxylic acids is 1. The molecule has 1 amide bonds. The van der Waals surface area contributed by atoms with E-state index in [1.165, 1.54) is 11.8 Å². The standard InChI is InChI=1S/C15H18ClN3O2S/c1-9(2)13-14(22-11-6-4-5-10(16)7-11)18-12(19(13)3)8-21-15(17)20/h4-7,9H,8H2,1-3H3,(H2,17,20). The fraction of sp³-hybridized carbons (Fsp3) is 0.333. The Bertz CT molecular complexity index is 685. The van der Waals surface area contributed by atoms with Crippen molar-refractivity contribution in [2.24, 2.45) is 12.8 Å². The molecule has 0 saturated carbocycles. The first-order valence-electron chi connectivity index (χ1n) is 6.79. The van der Waals surface area contributed by atoms with E-state index in [1.807, 2.05) is 35.9 Å². The minimum atomic E-state index is -0.807. The summed E-state index contributed by atoms with van der Waals surface area (Å²) >= 11 is 7.56. The molecule has 0 saturated heterocycles. The number of hydrogen-bond acceptors (Lipinski definition) is 4. The highest BCUT2D eigenvalue weighted by Crippen LogP contribution is 2.34. The Morgan fingerprint density at radius 2 is 2.23 bits per heavy atom. The van der Waals surface area contributed by atoms with Crippen molar-refractivity contribution in [2.75, 3.05) is 0 Å². The number of amides is 1. The molecule has 1 aromatic carbocycles. The monoisotopic (exact) mass is 339 g/mol. The Hall–Kier alpha value is -1.66. The van der Waals surface area contributed by atoms with E-state index < -0.39 is 6.09 Å². The van der Waals surface area contributed by atoms with Gasteiger partial charge in [0.05, 0.1) is 5.69 Å². The molecule has 118 valence electrons. The molecule has 2 N–H and O–H groups in total. The highest BCUT2D eigenvalue weighted by molar-refractivity contribution is 7.99. The van der Waals surface area contributed by atoms with Crippen molar-refractivity contribution < 1.29 is 9.53 Å². The van der Waals surface area contributed by atoms with E-state index in [0.29, 0.717) is 10.8 Å². The van der Waals surface area contributed by atoms with Gasteiger partial charge >= 0.3 is 6.09 Å². The normalized spacial score (nSPS) is 11.0. The predicted molar refractivity (Wildman–Crippen MR) is 87.2 cm³/mol. The van der Waals surface area contributed by atoms with Gasteiger partial charge in [-0.1, -0.05) is 43.3 Å². The lowest BCUT2D eigenvalue weighted by atomic mass is 10.1. The van der Waals surface area contributed by atoms with Gasteiger partial charge < -0.3 is 15.0 Å². The fourth-order valence-electron chi connectivity index (χ4n) is 2.15. The number of benzene rings is 1. The van der Waals surface area contributed by atoms with Crippen molar-refractivity contribution in [3.8, 4) is 0 Å². The van der Waals surface area contributed by atoms with E-state index in [0.717, 1.165) is 15.6 Å². The number of carbonyl (C=O) groups is 1. The van der Waals surface area contributed by atoms with Gasteiger partial charge in [-0.2, -0.15) is 0 Å². The second kappa shape index (κ2) is 7.07. The molecule has 2 rings (SSSR count). The molecule has 0 bridgehead atoms. The molecule has 0 spiro atoms. The van der Waals surface area contributed by atoms with Crippen LogP contribution in [0.3, 0.4) is 0 Å². The number of nitrogens with zero attached hydrogens (tertiary/aromatic N) is 2. The molecule has 7 heteroatoms. The van der Waals surface area contributed by atoms with Crippen molar-refractivity contribution in [3.63, 3.8) is 0 Å². The predicted octanol–water partition coefficient (Wildman–Crippen LogP) is 3.94. The number of rotatable bonds is 5. The first kappa shape index (κ1) is 16.7. The Morgan fingerprint density at radius 3 is 2.82 bits per heavy atom. The van der Waals surface area contributed by atoms with E-state index >= 15 is 0 Å². The van der Waals surface area contributed by atoms with Crippen LogP contribution in [-0.2, 0) is 18.4 Å².